The Hall–Kier alpha value is 0.1000. The van der Waals surface area contributed by atoms with E-state index in [0.29, 0.717) is 5.88 Å². The van der Waals surface area contributed by atoms with Crippen molar-refractivity contribution in [1.82, 2.24) is 10.2 Å². The van der Waals surface area contributed by atoms with Crippen LogP contribution in [0.2, 0.25) is 0 Å². The van der Waals surface area contributed by atoms with E-state index in [9.17, 15) is 0 Å². The first-order chi connectivity index (χ1) is 6.37. The number of nitrogens with one attached hydrogen (secondary N) is 1. The number of alkyl halides is 1. The van der Waals surface area contributed by atoms with Crippen molar-refractivity contribution in [3.63, 3.8) is 0 Å². The van der Waals surface area contributed by atoms with Gasteiger partial charge >= 0.3 is 0 Å². The topological polar surface area (TPSA) is 24.5 Å². The minimum absolute atomic E-state index is 0.120. The van der Waals surface area contributed by atoms with Gasteiger partial charge in [0.15, 0.2) is 4.99 Å². The molecule has 1 unspecified atom stereocenters. The molecule has 74 valence electrons. The Morgan fingerprint density at radius 1 is 1.54 bits per heavy atom. The van der Waals surface area contributed by atoms with E-state index in [4.69, 9.17) is 16.3 Å². The molecule has 0 radical (unpaired) electrons. The molecule has 3 nitrogen and oxygen atoms in total. The van der Waals surface area contributed by atoms with Crippen LogP contribution in [-0.2, 0) is 4.74 Å². The molecule has 2 aliphatic rings. The lowest BCUT2D eigenvalue weighted by Gasteiger charge is -2.41. The highest BCUT2D eigenvalue weighted by molar-refractivity contribution is 8.03. The zero-order chi connectivity index (χ0) is 9.15. The van der Waals surface area contributed by atoms with Crippen LogP contribution in [0.4, 0.5) is 0 Å². The minimum atomic E-state index is -0.120. The molecule has 0 spiro atoms. The molecule has 2 aliphatic heterocycles. The molecule has 1 fully saturated rings. The molecule has 1 atom stereocenters. The Labute approximate surface area is 87.4 Å². The van der Waals surface area contributed by atoms with Gasteiger partial charge in [-0.1, -0.05) is 11.8 Å². The van der Waals surface area contributed by atoms with Crippen LogP contribution in [0.1, 0.15) is 0 Å². The molecule has 0 amide bonds. The molecule has 0 aliphatic carbocycles. The molecule has 0 saturated carbocycles. The first-order valence-corrected chi connectivity index (χ1v) is 5.78. The van der Waals surface area contributed by atoms with E-state index < -0.39 is 0 Å². The Morgan fingerprint density at radius 3 is 2.85 bits per heavy atom. The van der Waals surface area contributed by atoms with Crippen molar-refractivity contribution >= 4 is 23.4 Å². The van der Waals surface area contributed by atoms with E-state index in [-0.39, 0.29) is 4.99 Å². The Bertz CT molecular complexity index is 198. The normalized spacial score (nSPS) is 34.8. The van der Waals surface area contributed by atoms with Crippen LogP contribution in [0.25, 0.3) is 0 Å². The maximum Gasteiger partial charge on any atom is 0.157 e. The van der Waals surface area contributed by atoms with Crippen LogP contribution < -0.4 is 5.32 Å². The second-order valence-corrected chi connectivity index (χ2v) is 4.53. The third-order valence-electron chi connectivity index (χ3n) is 2.34. The number of ether oxygens (including phenoxy) is 1. The molecule has 13 heavy (non-hydrogen) atoms. The van der Waals surface area contributed by atoms with Gasteiger partial charge in [0, 0.05) is 19.3 Å². The number of rotatable bonds is 2. The quantitative estimate of drug-likeness (QED) is 0.703. The summed E-state index contributed by atoms with van der Waals surface area (Å²) in [5, 5.41) is 5.36. The molecule has 5 heteroatoms. The number of hydrogen-bond donors (Lipinski definition) is 1. The van der Waals surface area contributed by atoms with Crippen molar-refractivity contribution in [2.45, 2.75) is 4.99 Å². The molecule has 0 aromatic rings. The Morgan fingerprint density at radius 2 is 2.31 bits per heavy atom. The summed E-state index contributed by atoms with van der Waals surface area (Å²) >= 11 is 7.74. The minimum Gasteiger partial charge on any atom is -0.379 e. The van der Waals surface area contributed by atoms with E-state index in [2.05, 4.69) is 15.6 Å². The van der Waals surface area contributed by atoms with Crippen LogP contribution in [-0.4, -0.2) is 42.1 Å². The fourth-order valence-electron chi connectivity index (χ4n) is 1.59. The average molecular weight is 221 g/mol. The van der Waals surface area contributed by atoms with E-state index in [1.165, 1.54) is 0 Å². The zero-order valence-electron chi connectivity index (χ0n) is 7.33. The summed E-state index contributed by atoms with van der Waals surface area (Å²) in [6.07, 6.45) is 1.96. The van der Waals surface area contributed by atoms with Gasteiger partial charge in [0.2, 0.25) is 0 Å². The Kier molecular flexibility index (Phi) is 3.03. The first kappa shape index (κ1) is 9.65. The molecular formula is C8H13ClN2OS. The van der Waals surface area contributed by atoms with E-state index >= 15 is 0 Å². The number of nitrogens with zero attached hydrogens (tertiary/aromatic N) is 1. The van der Waals surface area contributed by atoms with Gasteiger partial charge in [-0.25, -0.2) is 0 Å². The summed E-state index contributed by atoms with van der Waals surface area (Å²) in [5.74, 6) is 0.588. The van der Waals surface area contributed by atoms with Crippen molar-refractivity contribution in [3.8, 4) is 0 Å². The lowest BCUT2D eigenvalue weighted by Crippen LogP contribution is -2.58. The van der Waals surface area contributed by atoms with Crippen LogP contribution in [0, 0.1) is 0 Å². The Balaban J connectivity index is 2.02. The molecule has 1 saturated heterocycles. The predicted molar refractivity (Wildman–Crippen MR) is 55.7 cm³/mol. The summed E-state index contributed by atoms with van der Waals surface area (Å²) in [5.41, 5.74) is 0. The van der Waals surface area contributed by atoms with E-state index in [1.54, 1.807) is 11.8 Å². The summed E-state index contributed by atoms with van der Waals surface area (Å²) in [4.78, 5) is 2.22. The third kappa shape index (κ3) is 1.81. The fourth-order valence-corrected chi connectivity index (χ4v) is 2.92. The van der Waals surface area contributed by atoms with Gasteiger partial charge < -0.3 is 10.1 Å². The molecular weight excluding hydrogens is 208 g/mol. The van der Waals surface area contributed by atoms with Crippen molar-refractivity contribution in [2.24, 2.45) is 0 Å². The SMILES string of the molecule is ClCC1(N2CCOCC2)NC=CS1. The van der Waals surface area contributed by atoms with Gasteiger partial charge in [-0.15, -0.1) is 11.6 Å². The van der Waals surface area contributed by atoms with Crippen molar-refractivity contribution in [3.05, 3.63) is 11.6 Å². The van der Waals surface area contributed by atoms with Gasteiger partial charge in [-0.05, 0) is 5.41 Å². The largest absolute Gasteiger partial charge is 0.379 e. The molecule has 0 aromatic heterocycles. The first-order valence-electron chi connectivity index (χ1n) is 4.37. The predicted octanol–water partition coefficient (Wildman–Crippen LogP) is 1.02. The monoisotopic (exact) mass is 220 g/mol. The number of thioether (sulfide) groups is 1. The molecule has 0 aromatic carbocycles. The standard InChI is InChI=1S/C8H13ClN2OS/c9-7-8(10-1-6-13-8)11-2-4-12-5-3-11/h1,6,10H,2-5,7H2. The van der Waals surface area contributed by atoms with Gasteiger partial charge in [-0.3, -0.25) is 4.90 Å². The summed E-state index contributed by atoms with van der Waals surface area (Å²) < 4.78 is 5.31. The maximum absolute atomic E-state index is 5.99. The van der Waals surface area contributed by atoms with Crippen LogP contribution in [0.15, 0.2) is 11.6 Å². The van der Waals surface area contributed by atoms with Crippen LogP contribution >= 0.6 is 23.4 Å². The number of hydrogen-bond acceptors (Lipinski definition) is 4. The average Bonchev–Trinajstić information content (AvgIpc) is 2.69. The van der Waals surface area contributed by atoms with Crippen LogP contribution in [0.5, 0.6) is 0 Å². The molecule has 1 N–H and O–H groups in total. The second kappa shape index (κ2) is 4.09. The van der Waals surface area contributed by atoms with E-state index in [1.807, 2.05) is 6.20 Å². The van der Waals surface area contributed by atoms with Gasteiger partial charge in [-0.2, -0.15) is 0 Å². The van der Waals surface area contributed by atoms with Gasteiger partial charge in [0.1, 0.15) is 0 Å². The molecule has 0 bridgehead atoms. The fraction of sp³-hybridized carbons (Fsp3) is 0.750. The van der Waals surface area contributed by atoms with Crippen molar-refractivity contribution in [2.75, 3.05) is 32.2 Å². The number of morpholine rings is 1. The number of halogens is 1. The lowest BCUT2D eigenvalue weighted by atomic mass is 10.3. The van der Waals surface area contributed by atoms with Crippen molar-refractivity contribution in [1.29, 1.82) is 0 Å². The highest BCUT2D eigenvalue weighted by atomic mass is 35.5. The zero-order valence-corrected chi connectivity index (χ0v) is 8.90. The van der Waals surface area contributed by atoms with Gasteiger partial charge in [0.05, 0.1) is 19.1 Å². The van der Waals surface area contributed by atoms with E-state index in [0.717, 1.165) is 26.3 Å². The van der Waals surface area contributed by atoms with Gasteiger partial charge in [0.25, 0.3) is 0 Å². The second-order valence-electron chi connectivity index (χ2n) is 3.08. The highest BCUT2D eigenvalue weighted by Crippen LogP contribution is 2.33. The smallest absolute Gasteiger partial charge is 0.157 e. The van der Waals surface area contributed by atoms with Crippen molar-refractivity contribution < 1.29 is 4.74 Å². The van der Waals surface area contributed by atoms with Crippen LogP contribution in [0.3, 0.4) is 0 Å². The third-order valence-corrected chi connectivity index (χ3v) is 4.07. The molecule has 2 heterocycles. The highest BCUT2D eigenvalue weighted by Gasteiger charge is 2.38. The lowest BCUT2D eigenvalue weighted by molar-refractivity contribution is 0.00837. The summed E-state index contributed by atoms with van der Waals surface area (Å²) in [6.45, 7) is 3.52. The summed E-state index contributed by atoms with van der Waals surface area (Å²) in [7, 11) is 0. The summed E-state index contributed by atoms with van der Waals surface area (Å²) in [6, 6.07) is 0. The maximum atomic E-state index is 5.99. The molecule has 2 rings (SSSR count).